The molecule has 1 amide bonds. The fourth-order valence-electron chi connectivity index (χ4n) is 3.19. The molecule has 0 unspecified atom stereocenters. The maximum atomic E-state index is 13.4. The average Bonchev–Trinajstić information content (AvgIpc) is 3.32. The van der Waals surface area contributed by atoms with Gasteiger partial charge in [-0.2, -0.15) is 0 Å². The molecule has 0 atom stereocenters. The van der Waals surface area contributed by atoms with Crippen LogP contribution in [-0.4, -0.2) is 20.9 Å². The van der Waals surface area contributed by atoms with Crippen molar-refractivity contribution in [3.05, 3.63) is 75.7 Å². The number of halogens is 1. The molecule has 0 saturated carbocycles. The molecule has 28 heavy (non-hydrogen) atoms. The number of nitrogens with one attached hydrogen (secondary N) is 1. The molecule has 0 spiro atoms. The molecule has 0 fully saturated rings. The molecule has 1 N–H and O–H groups in total. The van der Waals surface area contributed by atoms with Crippen molar-refractivity contribution in [3.8, 4) is 0 Å². The zero-order valence-electron chi connectivity index (χ0n) is 15.0. The van der Waals surface area contributed by atoms with E-state index in [0.717, 1.165) is 18.1 Å². The van der Waals surface area contributed by atoms with Crippen molar-refractivity contribution < 1.29 is 17.6 Å². The Hall–Kier alpha value is -2.71. The number of hydrogen-bond donors (Lipinski definition) is 1. The zero-order chi connectivity index (χ0) is 19.9. The van der Waals surface area contributed by atoms with E-state index >= 15 is 0 Å². The Kier molecular flexibility index (Phi) is 4.68. The first-order chi connectivity index (χ1) is 13.3. The molecule has 2 heterocycles. The Balaban J connectivity index is 1.63. The Morgan fingerprint density at radius 1 is 1.18 bits per heavy atom. The van der Waals surface area contributed by atoms with E-state index in [1.165, 1.54) is 30.4 Å². The molecule has 1 aliphatic rings. The smallest absolute Gasteiger partial charge is 0.268 e. The molecule has 0 saturated heterocycles. The lowest BCUT2D eigenvalue weighted by Gasteiger charge is -2.17. The lowest BCUT2D eigenvalue weighted by Crippen LogP contribution is -2.28. The first-order valence-electron chi connectivity index (χ1n) is 8.62. The van der Waals surface area contributed by atoms with Crippen LogP contribution in [0.2, 0.25) is 0 Å². The SMILES string of the molecule is Cc1cc(S(=O)(=O)Nc2ccc3c(c2)N(C(=O)c2cccs2)CC3)ccc1F. The Morgan fingerprint density at radius 3 is 2.71 bits per heavy atom. The van der Waals surface area contributed by atoms with Crippen LogP contribution in [0.4, 0.5) is 15.8 Å². The third-order valence-electron chi connectivity index (χ3n) is 4.65. The third-order valence-corrected chi connectivity index (χ3v) is 6.89. The van der Waals surface area contributed by atoms with Gasteiger partial charge in [-0.15, -0.1) is 11.3 Å². The molecule has 0 aliphatic carbocycles. The quantitative estimate of drug-likeness (QED) is 0.693. The van der Waals surface area contributed by atoms with Crippen LogP contribution in [0.1, 0.15) is 20.8 Å². The molecule has 2 aromatic carbocycles. The second-order valence-electron chi connectivity index (χ2n) is 6.54. The lowest BCUT2D eigenvalue weighted by atomic mass is 10.1. The normalized spacial score (nSPS) is 13.4. The number of carbonyl (C=O) groups excluding carboxylic acids is 1. The van der Waals surface area contributed by atoms with Gasteiger partial charge in [-0.3, -0.25) is 9.52 Å². The van der Waals surface area contributed by atoms with E-state index in [0.29, 0.717) is 22.8 Å². The Morgan fingerprint density at radius 2 is 2.00 bits per heavy atom. The molecular weight excluding hydrogens is 399 g/mol. The van der Waals surface area contributed by atoms with Crippen molar-refractivity contribution in [2.45, 2.75) is 18.2 Å². The van der Waals surface area contributed by atoms with Gasteiger partial charge in [0.2, 0.25) is 0 Å². The molecule has 0 radical (unpaired) electrons. The van der Waals surface area contributed by atoms with Crippen LogP contribution in [0.25, 0.3) is 0 Å². The van der Waals surface area contributed by atoms with Crippen molar-refractivity contribution in [1.29, 1.82) is 0 Å². The fraction of sp³-hybridized carbons (Fsp3) is 0.150. The highest BCUT2D eigenvalue weighted by Gasteiger charge is 2.27. The van der Waals surface area contributed by atoms with Gasteiger partial charge in [0, 0.05) is 12.2 Å². The van der Waals surface area contributed by atoms with Crippen LogP contribution in [-0.2, 0) is 16.4 Å². The van der Waals surface area contributed by atoms with E-state index in [9.17, 15) is 17.6 Å². The Labute approximate surface area is 166 Å². The second kappa shape index (κ2) is 7.03. The average molecular weight is 416 g/mol. The van der Waals surface area contributed by atoms with Gasteiger partial charge in [0.25, 0.3) is 15.9 Å². The van der Waals surface area contributed by atoms with E-state index in [4.69, 9.17) is 0 Å². The van der Waals surface area contributed by atoms with Gasteiger partial charge in [-0.25, -0.2) is 12.8 Å². The largest absolute Gasteiger partial charge is 0.307 e. The number of thiophene rings is 1. The van der Waals surface area contributed by atoms with Gasteiger partial charge in [0.1, 0.15) is 5.82 Å². The van der Waals surface area contributed by atoms with E-state index in [1.54, 1.807) is 23.1 Å². The summed E-state index contributed by atoms with van der Waals surface area (Å²) in [6.45, 7) is 2.07. The predicted molar refractivity (Wildman–Crippen MR) is 108 cm³/mol. The number of sulfonamides is 1. The number of hydrogen-bond acceptors (Lipinski definition) is 4. The first kappa shape index (κ1) is 18.6. The summed E-state index contributed by atoms with van der Waals surface area (Å²) >= 11 is 1.37. The maximum Gasteiger partial charge on any atom is 0.268 e. The summed E-state index contributed by atoms with van der Waals surface area (Å²) in [6.07, 6.45) is 0.719. The number of carbonyl (C=O) groups is 1. The summed E-state index contributed by atoms with van der Waals surface area (Å²) in [4.78, 5) is 15.0. The molecule has 0 bridgehead atoms. The van der Waals surface area contributed by atoms with Crippen molar-refractivity contribution in [3.63, 3.8) is 0 Å². The van der Waals surface area contributed by atoms with Gasteiger partial charge < -0.3 is 4.90 Å². The van der Waals surface area contributed by atoms with Crippen molar-refractivity contribution >= 4 is 38.6 Å². The van der Waals surface area contributed by atoms with Crippen LogP contribution >= 0.6 is 11.3 Å². The van der Waals surface area contributed by atoms with Gasteiger partial charge in [-0.05, 0) is 66.2 Å². The highest BCUT2D eigenvalue weighted by atomic mass is 32.2. The number of anilines is 2. The molecule has 4 rings (SSSR count). The highest BCUT2D eigenvalue weighted by Crippen LogP contribution is 2.33. The third kappa shape index (κ3) is 3.41. The number of fused-ring (bicyclic) bond motifs is 1. The minimum Gasteiger partial charge on any atom is -0.307 e. The first-order valence-corrected chi connectivity index (χ1v) is 11.0. The van der Waals surface area contributed by atoms with E-state index in [-0.39, 0.29) is 16.4 Å². The fourth-order valence-corrected chi connectivity index (χ4v) is 4.99. The molecular formula is C20H17FN2O3S2. The number of rotatable bonds is 4. The van der Waals surface area contributed by atoms with Crippen LogP contribution in [0.15, 0.2) is 58.8 Å². The summed E-state index contributed by atoms with van der Waals surface area (Å²) in [5, 5.41) is 1.85. The van der Waals surface area contributed by atoms with Crippen LogP contribution in [0.5, 0.6) is 0 Å². The molecule has 5 nitrogen and oxygen atoms in total. The summed E-state index contributed by atoms with van der Waals surface area (Å²) in [5.74, 6) is -0.554. The number of amides is 1. The minimum atomic E-state index is -3.87. The highest BCUT2D eigenvalue weighted by molar-refractivity contribution is 7.92. The molecule has 1 aliphatic heterocycles. The van der Waals surface area contributed by atoms with Gasteiger partial charge >= 0.3 is 0 Å². The second-order valence-corrected chi connectivity index (χ2v) is 9.17. The molecule has 144 valence electrons. The monoisotopic (exact) mass is 416 g/mol. The Bertz CT molecular complexity index is 1160. The van der Waals surface area contributed by atoms with Gasteiger partial charge in [-0.1, -0.05) is 12.1 Å². The van der Waals surface area contributed by atoms with E-state index in [1.807, 2.05) is 17.5 Å². The summed E-state index contributed by atoms with van der Waals surface area (Å²) in [5.41, 5.74) is 2.30. The maximum absolute atomic E-state index is 13.4. The van der Waals surface area contributed by atoms with Gasteiger partial charge in [0.05, 0.1) is 15.5 Å². The van der Waals surface area contributed by atoms with Crippen molar-refractivity contribution in [1.82, 2.24) is 0 Å². The standard InChI is InChI=1S/C20H17FN2O3S2/c1-13-11-16(6-7-17(13)21)28(25,26)22-15-5-4-14-8-9-23(18(14)12-15)20(24)19-3-2-10-27-19/h2-7,10-12,22H,8-9H2,1H3. The van der Waals surface area contributed by atoms with Crippen LogP contribution in [0, 0.1) is 12.7 Å². The molecule has 1 aromatic heterocycles. The molecule has 3 aromatic rings. The van der Waals surface area contributed by atoms with Crippen molar-refractivity contribution in [2.75, 3.05) is 16.2 Å². The van der Waals surface area contributed by atoms with Gasteiger partial charge in [0.15, 0.2) is 0 Å². The summed E-state index contributed by atoms with van der Waals surface area (Å²) in [7, 11) is -3.87. The summed E-state index contributed by atoms with van der Waals surface area (Å²) < 4.78 is 41.3. The number of aryl methyl sites for hydroxylation is 1. The number of nitrogens with zero attached hydrogens (tertiary/aromatic N) is 1. The predicted octanol–water partition coefficient (Wildman–Crippen LogP) is 4.20. The van der Waals surface area contributed by atoms with E-state index in [2.05, 4.69) is 4.72 Å². The van der Waals surface area contributed by atoms with Crippen molar-refractivity contribution in [2.24, 2.45) is 0 Å². The van der Waals surface area contributed by atoms with E-state index < -0.39 is 15.8 Å². The minimum absolute atomic E-state index is 0.0154. The van der Waals surface area contributed by atoms with Crippen LogP contribution in [0.3, 0.4) is 0 Å². The topological polar surface area (TPSA) is 66.5 Å². The lowest BCUT2D eigenvalue weighted by molar-refractivity contribution is 0.0993. The zero-order valence-corrected chi connectivity index (χ0v) is 16.6. The summed E-state index contributed by atoms with van der Waals surface area (Å²) in [6, 6.07) is 12.4. The molecule has 8 heteroatoms. The van der Waals surface area contributed by atoms with Crippen LogP contribution < -0.4 is 9.62 Å². The number of benzene rings is 2.